The molecule has 1 amide bonds. The Morgan fingerprint density at radius 3 is 2.20 bits per heavy atom. The zero-order chi connectivity index (χ0) is 25.6. The van der Waals surface area contributed by atoms with Crippen LogP contribution in [0.25, 0.3) is 10.2 Å². The molecule has 0 unspecified atom stereocenters. The van der Waals surface area contributed by atoms with E-state index in [0.717, 1.165) is 21.5 Å². The summed E-state index contributed by atoms with van der Waals surface area (Å²) < 4.78 is 46.0. The van der Waals surface area contributed by atoms with Crippen LogP contribution in [0.2, 0.25) is 0 Å². The zero-order valence-corrected chi connectivity index (χ0v) is 22.2. The molecule has 0 fully saturated rings. The normalized spacial score (nSPS) is 12.6. The first-order valence-corrected chi connectivity index (χ1v) is 13.4. The summed E-state index contributed by atoms with van der Waals surface area (Å²) in [5, 5.41) is 0. The first kappa shape index (κ1) is 27.0. The van der Waals surface area contributed by atoms with Gasteiger partial charge in [-0.1, -0.05) is 17.4 Å². The van der Waals surface area contributed by atoms with Gasteiger partial charge < -0.3 is 18.8 Å². The summed E-state index contributed by atoms with van der Waals surface area (Å²) in [7, 11) is 0.874. The van der Waals surface area contributed by atoms with Gasteiger partial charge >= 0.3 is 0 Å². The van der Waals surface area contributed by atoms with Crippen LogP contribution in [0.3, 0.4) is 0 Å². The summed E-state index contributed by atoms with van der Waals surface area (Å²) in [6.45, 7) is 5.52. The summed E-state index contributed by atoms with van der Waals surface area (Å²) in [5.74, 6) is 0.272. The van der Waals surface area contributed by atoms with E-state index in [-0.39, 0.29) is 31.2 Å². The van der Waals surface area contributed by atoms with Crippen LogP contribution in [-0.2, 0) is 26.0 Å². The van der Waals surface area contributed by atoms with Gasteiger partial charge in [-0.25, -0.2) is 8.42 Å². The van der Waals surface area contributed by atoms with E-state index in [9.17, 15) is 13.2 Å². The lowest BCUT2D eigenvalue weighted by Crippen LogP contribution is -2.36. The van der Waals surface area contributed by atoms with E-state index in [0.29, 0.717) is 16.9 Å². The van der Waals surface area contributed by atoms with E-state index < -0.39 is 15.9 Å². The molecule has 11 heteroatoms. The molecule has 0 spiro atoms. The maximum Gasteiger partial charge on any atom is 0.279 e. The summed E-state index contributed by atoms with van der Waals surface area (Å²) in [4.78, 5) is 18.0. The van der Waals surface area contributed by atoms with Crippen molar-refractivity contribution in [3.8, 4) is 5.75 Å². The van der Waals surface area contributed by atoms with Crippen molar-refractivity contribution in [3.05, 3.63) is 52.3 Å². The molecule has 0 saturated carbocycles. The molecular formula is C24H31N3O6S2. The lowest BCUT2D eigenvalue weighted by Gasteiger charge is -2.21. The van der Waals surface area contributed by atoms with Crippen LogP contribution in [0.4, 0.5) is 0 Å². The number of hydrogen-bond donors (Lipinski definition) is 0. The Morgan fingerprint density at radius 2 is 1.66 bits per heavy atom. The van der Waals surface area contributed by atoms with Crippen molar-refractivity contribution in [3.63, 3.8) is 0 Å². The standard InChI is InChI=1S/C24H31N3O6S2/c1-6-27-21-20(33-5)12-7-17(2)22(21)34-24(27)25-23(28)18-8-10-19(11-9-18)35(29,30)26(13-15-31-3)14-16-32-4/h7-12H,6,13-16H2,1-5H3. The lowest BCUT2D eigenvalue weighted by molar-refractivity contribution is 0.0997. The summed E-state index contributed by atoms with van der Waals surface area (Å²) in [6, 6.07) is 9.71. The van der Waals surface area contributed by atoms with Gasteiger partial charge in [0.15, 0.2) is 4.80 Å². The quantitative estimate of drug-likeness (QED) is 0.385. The monoisotopic (exact) mass is 521 g/mol. The molecule has 9 nitrogen and oxygen atoms in total. The predicted molar refractivity (Wildman–Crippen MR) is 136 cm³/mol. The molecule has 190 valence electrons. The number of aromatic nitrogens is 1. The van der Waals surface area contributed by atoms with Gasteiger partial charge in [0.05, 0.1) is 29.9 Å². The third kappa shape index (κ3) is 5.81. The Morgan fingerprint density at radius 1 is 1.03 bits per heavy atom. The van der Waals surface area contributed by atoms with Gasteiger partial charge in [0, 0.05) is 39.4 Å². The molecule has 3 rings (SSSR count). The first-order valence-electron chi connectivity index (χ1n) is 11.1. The second-order valence-electron chi connectivity index (χ2n) is 7.72. The minimum Gasteiger partial charge on any atom is -0.495 e. The van der Waals surface area contributed by atoms with E-state index in [1.807, 2.05) is 30.5 Å². The molecule has 1 aromatic heterocycles. The third-order valence-electron chi connectivity index (χ3n) is 5.55. The number of ether oxygens (including phenoxy) is 3. The van der Waals surface area contributed by atoms with E-state index >= 15 is 0 Å². The molecule has 0 atom stereocenters. The Hall–Kier alpha value is -2.57. The fourth-order valence-electron chi connectivity index (χ4n) is 3.63. The second-order valence-corrected chi connectivity index (χ2v) is 10.6. The van der Waals surface area contributed by atoms with Crippen LogP contribution in [0.5, 0.6) is 5.75 Å². The smallest absolute Gasteiger partial charge is 0.279 e. The highest BCUT2D eigenvalue weighted by atomic mass is 32.2. The summed E-state index contributed by atoms with van der Waals surface area (Å²) >= 11 is 1.42. The van der Waals surface area contributed by atoms with Gasteiger partial charge in [0.25, 0.3) is 5.91 Å². The molecule has 3 aromatic rings. The number of aryl methyl sites for hydroxylation is 2. The van der Waals surface area contributed by atoms with Gasteiger partial charge in [0.1, 0.15) is 11.3 Å². The molecule has 0 aliphatic rings. The fraction of sp³-hybridized carbons (Fsp3) is 0.417. The van der Waals surface area contributed by atoms with Crippen LogP contribution < -0.4 is 9.54 Å². The van der Waals surface area contributed by atoms with Crippen molar-refractivity contribution >= 4 is 37.5 Å². The number of rotatable bonds is 11. The maximum atomic E-state index is 13.1. The highest BCUT2D eigenvalue weighted by Crippen LogP contribution is 2.30. The largest absolute Gasteiger partial charge is 0.495 e. The third-order valence-corrected chi connectivity index (χ3v) is 8.67. The van der Waals surface area contributed by atoms with E-state index in [1.165, 1.54) is 54.1 Å². The number of nitrogens with zero attached hydrogens (tertiary/aromatic N) is 3. The Kier molecular flexibility index (Phi) is 9.20. The van der Waals surface area contributed by atoms with Crippen LogP contribution in [-0.4, -0.2) is 70.8 Å². The van der Waals surface area contributed by atoms with Gasteiger partial charge in [0.2, 0.25) is 10.0 Å². The van der Waals surface area contributed by atoms with Crippen molar-refractivity contribution in [1.29, 1.82) is 0 Å². The van der Waals surface area contributed by atoms with Gasteiger partial charge in [-0.05, 0) is 49.7 Å². The Bertz CT molecular complexity index is 1340. The van der Waals surface area contributed by atoms with Crippen LogP contribution in [0, 0.1) is 6.92 Å². The Balaban J connectivity index is 1.95. The predicted octanol–water partition coefficient (Wildman–Crippen LogP) is 3.06. The molecule has 0 saturated heterocycles. The molecular weight excluding hydrogens is 490 g/mol. The number of sulfonamides is 1. The molecule has 35 heavy (non-hydrogen) atoms. The number of methoxy groups -OCH3 is 3. The number of benzene rings is 2. The highest BCUT2D eigenvalue weighted by Gasteiger charge is 2.24. The number of carbonyl (C=O) groups excluding carboxylic acids is 1. The van der Waals surface area contributed by atoms with Crippen molar-refractivity contribution in [2.75, 3.05) is 47.6 Å². The topological polar surface area (TPSA) is 99.4 Å². The van der Waals surface area contributed by atoms with E-state index in [2.05, 4.69) is 4.99 Å². The molecule has 0 aliphatic heterocycles. The van der Waals surface area contributed by atoms with Crippen molar-refractivity contribution < 1.29 is 27.4 Å². The fourth-order valence-corrected chi connectivity index (χ4v) is 6.22. The average molecular weight is 522 g/mol. The van der Waals surface area contributed by atoms with Crippen LogP contribution in [0.1, 0.15) is 22.8 Å². The van der Waals surface area contributed by atoms with Crippen LogP contribution >= 0.6 is 11.3 Å². The number of amides is 1. The maximum absolute atomic E-state index is 13.1. The Labute approximate surface area is 209 Å². The van der Waals surface area contributed by atoms with Crippen LogP contribution in [0.15, 0.2) is 46.3 Å². The SMILES string of the molecule is CCn1c(=NC(=O)c2ccc(S(=O)(=O)N(CCOC)CCOC)cc2)sc2c(C)ccc(OC)c21. The molecule has 0 N–H and O–H groups in total. The van der Waals surface area contributed by atoms with Gasteiger partial charge in [-0.2, -0.15) is 9.30 Å². The molecule has 0 radical (unpaired) electrons. The number of carbonyl (C=O) groups is 1. The highest BCUT2D eigenvalue weighted by molar-refractivity contribution is 7.89. The van der Waals surface area contributed by atoms with Gasteiger partial charge in [-0.15, -0.1) is 0 Å². The molecule has 2 aromatic carbocycles. The van der Waals surface area contributed by atoms with E-state index in [4.69, 9.17) is 14.2 Å². The molecule has 0 aliphatic carbocycles. The summed E-state index contributed by atoms with van der Waals surface area (Å²) in [6.07, 6.45) is 0. The van der Waals surface area contributed by atoms with Crippen molar-refractivity contribution in [1.82, 2.24) is 8.87 Å². The van der Waals surface area contributed by atoms with Crippen molar-refractivity contribution in [2.45, 2.75) is 25.3 Å². The minimum atomic E-state index is -3.77. The molecule has 1 heterocycles. The first-order chi connectivity index (χ1) is 16.8. The minimum absolute atomic E-state index is 0.0899. The zero-order valence-electron chi connectivity index (χ0n) is 20.6. The van der Waals surface area contributed by atoms with Gasteiger partial charge in [-0.3, -0.25) is 4.79 Å². The molecule has 0 bridgehead atoms. The second kappa shape index (κ2) is 11.9. The lowest BCUT2D eigenvalue weighted by atomic mass is 10.2. The number of hydrogen-bond acceptors (Lipinski definition) is 7. The average Bonchev–Trinajstić information content (AvgIpc) is 3.23. The number of fused-ring (bicyclic) bond motifs is 1. The number of thiazole rings is 1. The summed E-state index contributed by atoms with van der Waals surface area (Å²) in [5.41, 5.74) is 2.27. The van der Waals surface area contributed by atoms with Crippen molar-refractivity contribution in [2.24, 2.45) is 4.99 Å². The van der Waals surface area contributed by atoms with E-state index in [1.54, 1.807) is 7.11 Å².